The predicted octanol–water partition coefficient (Wildman–Crippen LogP) is 3.87. The number of hydrogen-bond donors (Lipinski definition) is 1. The third-order valence-corrected chi connectivity index (χ3v) is 4.62. The van der Waals surface area contributed by atoms with Crippen LogP contribution in [-0.2, 0) is 4.74 Å². The molecule has 1 aliphatic heterocycles. The highest BCUT2D eigenvalue weighted by Crippen LogP contribution is 2.23. The first kappa shape index (κ1) is 23.2. The average Bonchev–Trinajstić information content (AvgIpc) is 2.86. The second-order valence-electron chi connectivity index (χ2n) is 7.98. The van der Waals surface area contributed by atoms with Crippen molar-refractivity contribution in [3.05, 3.63) is 17.0 Å². The van der Waals surface area contributed by atoms with Gasteiger partial charge in [-0.1, -0.05) is 12.1 Å². The van der Waals surface area contributed by atoms with Crippen molar-refractivity contribution in [1.82, 2.24) is 15.4 Å². The molecule has 1 saturated heterocycles. The molecule has 2 rings (SSSR count). The lowest BCUT2D eigenvalue weighted by atomic mass is 9.99. The van der Waals surface area contributed by atoms with Crippen LogP contribution >= 0.6 is 24.0 Å². The molecule has 1 aromatic heterocycles. The smallest absolute Gasteiger partial charge is 0.193 e. The van der Waals surface area contributed by atoms with Gasteiger partial charge in [-0.2, -0.15) is 0 Å². The first-order valence-corrected chi connectivity index (χ1v) is 9.27. The van der Waals surface area contributed by atoms with Crippen molar-refractivity contribution in [2.75, 3.05) is 26.7 Å². The van der Waals surface area contributed by atoms with Crippen molar-refractivity contribution < 1.29 is 9.26 Å². The van der Waals surface area contributed by atoms with Gasteiger partial charge in [-0.15, -0.1) is 24.0 Å². The highest BCUT2D eigenvalue weighted by Gasteiger charge is 2.26. The summed E-state index contributed by atoms with van der Waals surface area (Å²) in [4.78, 5) is 6.78. The molecule has 2 heterocycles. The highest BCUT2D eigenvalue weighted by atomic mass is 127. The van der Waals surface area contributed by atoms with Gasteiger partial charge in [0.2, 0.25) is 0 Å². The molecule has 1 atom stereocenters. The molecule has 1 fully saturated rings. The molecule has 0 aliphatic carbocycles. The van der Waals surface area contributed by atoms with Gasteiger partial charge in [-0.25, -0.2) is 0 Å². The van der Waals surface area contributed by atoms with E-state index in [-0.39, 0.29) is 29.6 Å². The number of likely N-dealkylation sites (tertiary alicyclic amines) is 1. The molecule has 1 unspecified atom stereocenters. The maximum atomic E-state index is 6.11. The molecule has 7 heteroatoms. The van der Waals surface area contributed by atoms with Crippen LogP contribution in [0.15, 0.2) is 9.52 Å². The minimum Gasteiger partial charge on any atom is -0.372 e. The van der Waals surface area contributed by atoms with Crippen molar-refractivity contribution in [3.8, 4) is 0 Å². The second-order valence-corrected chi connectivity index (χ2v) is 7.98. The van der Waals surface area contributed by atoms with E-state index in [1.165, 1.54) is 5.56 Å². The molecule has 0 aromatic carbocycles. The lowest BCUT2D eigenvalue weighted by Gasteiger charge is -2.37. The fraction of sp³-hybridized carbons (Fsp3) is 0.789. The fourth-order valence-corrected chi connectivity index (χ4v) is 3.56. The molecule has 1 N–H and O–H groups in total. The molecular weight excluding hydrogens is 443 g/mol. The van der Waals surface area contributed by atoms with Crippen molar-refractivity contribution in [1.29, 1.82) is 0 Å². The van der Waals surface area contributed by atoms with E-state index in [0.717, 1.165) is 49.9 Å². The maximum absolute atomic E-state index is 6.11. The molecule has 0 spiro atoms. The van der Waals surface area contributed by atoms with E-state index < -0.39 is 0 Å². The van der Waals surface area contributed by atoms with Gasteiger partial charge in [-0.05, 0) is 47.5 Å². The summed E-state index contributed by atoms with van der Waals surface area (Å²) in [5.74, 6) is 2.19. The largest absolute Gasteiger partial charge is 0.372 e. The van der Waals surface area contributed by atoms with Crippen LogP contribution < -0.4 is 5.32 Å². The van der Waals surface area contributed by atoms with E-state index in [4.69, 9.17) is 9.26 Å². The standard InChI is InChI=1S/C19H34N4O2.HI/c1-13(17-14(2)22-25-15(17)3)12-21-18(20-7)23-10-8-16(9-11-23)24-19(4,5)6;/h13,16H,8-12H2,1-7H3,(H,20,21);1H. The Hall–Kier alpha value is -0.830. The van der Waals surface area contributed by atoms with Crippen LogP contribution in [0.3, 0.4) is 0 Å². The molecule has 0 amide bonds. The Balaban J connectivity index is 0.00000338. The summed E-state index contributed by atoms with van der Waals surface area (Å²) >= 11 is 0. The Morgan fingerprint density at radius 3 is 2.42 bits per heavy atom. The number of hydrogen-bond acceptors (Lipinski definition) is 4. The van der Waals surface area contributed by atoms with Crippen LogP contribution in [0.4, 0.5) is 0 Å². The number of halogens is 1. The van der Waals surface area contributed by atoms with Gasteiger partial charge in [0.05, 0.1) is 17.4 Å². The molecular formula is C19H35IN4O2. The van der Waals surface area contributed by atoms with Gasteiger partial charge in [0, 0.05) is 38.2 Å². The van der Waals surface area contributed by atoms with E-state index in [1.807, 2.05) is 20.9 Å². The zero-order chi connectivity index (χ0) is 18.6. The Morgan fingerprint density at radius 2 is 1.96 bits per heavy atom. The Bertz CT molecular complexity index is 567. The fourth-order valence-electron chi connectivity index (χ4n) is 3.56. The normalized spacial score (nSPS) is 17.8. The van der Waals surface area contributed by atoms with Crippen molar-refractivity contribution in [3.63, 3.8) is 0 Å². The number of ether oxygens (including phenoxy) is 1. The van der Waals surface area contributed by atoms with Gasteiger partial charge >= 0.3 is 0 Å². The van der Waals surface area contributed by atoms with E-state index in [1.54, 1.807) is 0 Å². The maximum Gasteiger partial charge on any atom is 0.193 e. The van der Waals surface area contributed by atoms with E-state index in [2.05, 4.69) is 48.1 Å². The first-order chi connectivity index (χ1) is 11.7. The molecule has 6 nitrogen and oxygen atoms in total. The summed E-state index contributed by atoms with van der Waals surface area (Å²) in [7, 11) is 1.85. The topological polar surface area (TPSA) is 62.9 Å². The molecule has 0 radical (unpaired) electrons. The zero-order valence-electron chi connectivity index (χ0n) is 17.3. The predicted molar refractivity (Wildman–Crippen MR) is 117 cm³/mol. The first-order valence-electron chi connectivity index (χ1n) is 9.27. The summed E-state index contributed by atoms with van der Waals surface area (Å²) in [6, 6.07) is 0. The van der Waals surface area contributed by atoms with Crippen molar-refractivity contribution >= 4 is 29.9 Å². The molecule has 0 saturated carbocycles. The third kappa shape index (κ3) is 6.40. The summed E-state index contributed by atoms with van der Waals surface area (Å²) in [5, 5.41) is 7.56. The lowest BCUT2D eigenvalue weighted by molar-refractivity contribution is -0.0772. The van der Waals surface area contributed by atoms with Crippen LogP contribution in [0.2, 0.25) is 0 Å². The van der Waals surface area contributed by atoms with Crippen molar-refractivity contribution in [2.24, 2.45) is 4.99 Å². The number of aryl methyl sites for hydroxylation is 2. The highest BCUT2D eigenvalue weighted by molar-refractivity contribution is 14.0. The Kier molecular flexibility index (Phi) is 8.85. The lowest BCUT2D eigenvalue weighted by Crippen LogP contribution is -2.48. The minimum absolute atomic E-state index is 0. The van der Waals surface area contributed by atoms with Crippen LogP contribution in [-0.4, -0.2) is 54.4 Å². The molecule has 0 bridgehead atoms. The summed E-state index contributed by atoms with van der Waals surface area (Å²) in [6.07, 6.45) is 2.42. The summed E-state index contributed by atoms with van der Waals surface area (Å²) in [6.45, 7) is 15.3. The molecule has 150 valence electrons. The number of rotatable bonds is 4. The number of aliphatic imine (C=N–C) groups is 1. The van der Waals surface area contributed by atoms with E-state index in [0.29, 0.717) is 12.0 Å². The van der Waals surface area contributed by atoms with Gasteiger partial charge in [0.15, 0.2) is 5.96 Å². The monoisotopic (exact) mass is 478 g/mol. The van der Waals surface area contributed by atoms with Crippen LogP contribution in [0.5, 0.6) is 0 Å². The SMILES string of the molecule is CN=C(NCC(C)c1c(C)noc1C)N1CCC(OC(C)(C)C)CC1.I. The van der Waals surface area contributed by atoms with Crippen LogP contribution in [0.1, 0.15) is 63.5 Å². The van der Waals surface area contributed by atoms with Crippen LogP contribution in [0.25, 0.3) is 0 Å². The summed E-state index contributed by atoms with van der Waals surface area (Å²) in [5.41, 5.74) is 2.10. The zero-order valence-corrected chi connectivity index (χ0v) is 19.6. The third-order valence-electron chi connectivity index (χ3n) is 4.62. The molecule has 26 heavy (non-hydrogen) atoms. The second kappa shape index (κ2) is 9.92. The van der Waals surface area contributed by atoms with Crippen molar-refractivity contribution in [2.45, 2.75) is 72.0 Å². The van der Waals surface area contributed by atoms with Crippen LogP contribution in [0, 0.1) is 13.8 Å². The summed E-state index contributed by atoms with van der Waals surface area (Å²) < 4.78 is 11.4. The number of piperidine rings is 1. The van der Waals surface area contributed by atoms with Gasteiger partial charge in [0.1, 0.15) is 5.76 Å². The molecule has 1 aliphatic rings. The minimum atomic E-state index is -0.0729. The Labute approximate surface area is 175 Å². The van der Waals surface area contributed by atoms with E-state index in [9.17, 15) is 0 Å². The van der Waals surface area contributed by atoms with Gasteiger partial charge in [-0.3, -0.25) is 4.99 Å². The Morgan fingerprint density at radius 1 is 1.35 bits per heavy atom. The molecule has 1 aromatic rings. The number of nitrogens with zero attached hydrogens (tertiary/aromatic N) is 3. The van der Waals surface area contributed by atoms with Gasteiger partial charge < -0.3 is 19.5 Å². The van der Waals surface area contributed by atoms with E-state index >= 15 is 0 Å². The quantitative estimate of drug-likeness (QED) is 0.405. The van der Waals surface area contributed by atoms with Gasteiger partial charge in [0.25, 0.3) is 0 Å². The number of guanidine groups is 1. The average molecular weight is 478 g/mol. The number of aromatic nitrogens is 1. The number of nitrogens with one attached hydrogen (secondary N) is 1.